The van der Waals surface area contributed by atoms with E-state index in [4.69, 9.17) is 16.7 Å². The maximum absolute atomic E-state index is 12.5. The van der Waals surface area contributed by atoms with Crippen LogP contribution in [0.1, 0.15) is 24.3 Å². The molecule has 1 N–H and O–H groups in total. The zero-order valence-electron chi connectivity index (χ0n) is 12.8. The van der Waals surface area contributed by atoms with E-state index in [0.29, 0.717) is 16.6 Å². The van der Waals surface area contributed by atoms with Gasteiger partial charge in [-0.05, 0) is 12.0 Å². The van der Waals surface area contributed by atoms with Gasteiger partial charge in [0.15, 0.2) is 0 Å². The first-order chi connectivity index (χ1) is 10.9. The number of hydrogen-bond acceptors (Lipinski definition) is 4. The highest BCUT2D eigenvalue weighted by Crippen LogP contribution is 2.30. The summed E-state index contributed by atoms with van der Waals surface area (Å²) in [5, 5.41) is 11.8. The van der Waals surface area contributed by atoms with Crippen molar-refractivity contribution in [1.82, 2.24) is 9.88 Å². The Morgan fingerprint density at radius 1 is 1.35 bits per heavy atom. The minimum Gasteiger partial charge on any atom is -0.480 e. The Morgan fingerprint density at radius 3 is 2.65 bits per heavy atom. The molecule has 0 aliphatic rings. The van der Waals surface area contributed by atoms with Crippen LogP contribution in [-0.4, -0.2) is 40.0 Å². The van der Waals surface area contributed by atoms with Crippen LogP contribution in [0.25, 0.3) is 10.6 Å². The Hall–Kier alpha value is -1.92. The fourth-order valence-electron chi connectivity index (χ4n) is 2.12. The van der Waals surface area contributed by atoms with Gasteiger partial charge in [0.05, 0.1) is 5.02 Å². The predicted molar refractivity (Wildman–Crippen MR) is 90.9 cm³/mol. The molecule has 0 saturated heterocycles. The highest BCUT2D eigenvalue weighted by atomic mass is 35.5. The third kappa shape index (κ3) is 4.53. The molecule has 0 bridgehead atoms. The van der Waals surface area contributed by atoms with Crippen molar-refractivity contribution in [2.24, 2.45) is 5.92 Å². The number of aromatic nitrogens is 1. The predicted octanol–water partition coefficient (Wildman–Crippen LogP) is 3.65. The molecule has 1 aromatic carbocycles. The Kier molecular flexibility index (Phi) is 5.74. The molecule has 0 fully saturated rings. The van der Waals surface area contributed by atoms with Crippen molar-refractivity contribution in [1.29, 1.82) is 0 Å². The van der Waals surface area contributed by atoms with Gasteiger partial charge >= 0.3 is 5.97 Å². The van der Waals surface area contributed by atoms with Crippen LogP contribution in [0.15, 0.2) is 29.6 Å². The van der Waals surface area contributed by atoms with E-state index < -0.39 is 5.97 Å². The number of carboxylic acids is 1. The molecule has 0 radical (unpaired) electrons. The Bertz CT molecular complexity index is 715. The van der Waals surface area contributed by atoms with E-state index in [0.717, 1.165) is 5.56 Å². The number of rotatable bonds is 6. The van der Waals surface area contributed by atoms with Crippen LogP contribution < -0.4 is 0 Å². The molecule has 0 atom stereocenters. The van der Waals surface area contributed by atoms with E-state index in [1.165, 1.54) is 16.2 Å². The molecule has 0 unspecified atom stereocenters. The lowest BCUT2D eigenvalue weighted by atomic mass is 10.2. The van der Waals surface area contributed by atoms with E-state index >= 15 is 0 Å². The fourth-order valence-corrected chi connectivity index (χ4v) is 3.23. The Morgan fingerprint density at radius 2 is 2.04 bits per heavy atom. The molecule has 0 aliphatic carbocycles. The van der Waals surface area contributed by atoms with Crippen molar-refractivity contribution >= 4 is 34.8 Å². The van der Waals surface area contributed by atoms with Crippen molar-refractivity contribution in [2.45, 2.75) is 13.8 Å². The first kappa shape index (κ1) is 17.4. The Balaban J connectivity index is 2.25. The molecule has 2 rings (SSSR count). The van der Waals surface area contributed by atoms with Crippen molar-refractivity contribution in [3.05, 3.63) is 40.4 Å². The van der Waals surface area contributed by atoms with E-state index in [9.17, 15) is 9.59 Å². The maximum atomic E-state index is 12.5. The molecule has 7 heteroatoms. The molecule has 2 aromatic rings. The van der Waals surface area contributed by atoms with Gasteiger partial charge in [-0.1, -0.05) is 43.6 Å². The Labute approximate surface area is 143 Å². The van der Waals surface area contributed by atoms with E-state index in [-0.39, 0.29) is 24.1 Å². The van der Waals surface area contributed by atoms with Gasteiger partial charge in [0.1, 0.15) is 17.2 Å². The van der Waals surface area contributed by atoms with Gasteiger partial charge in [0.25, 0.3) is 5.91 Å². The largest absolute Gasteiger partial charge is 0.480 e. The number of nitrogens with zero attached hydrogens (tertiary/aromatic N) is 2. The molecular weight excluding hydrogens is 336 g/mol. The summed E-state index contributed by atoms with van der Waals surface area (Å²) in [5.41, 5.74) is 0.999. The molecular formula is C16H17ClN2O3S. The summed E-state index contributed by atoms with van der Waals surface area (Å²) in [6.45, 7) is 3.89. The maximum Gasteiger partial charge on any atom is 0.323 e. The average molecular weight is 353 g/mol. The van der Waals surface area contributed by atoms with Gasteiger partial charge in [0.2, 0.25) is 0 Å². The lowest BCUT2D eigenvalue weighted by Gasteiger charge is -2.21. The lowest BCUT2D eigenvalue weighted by Crippen LogP contribution is -2.38. The molecule has 1 amide bonds. The first-order valence-corrected chi connectivity index (χ1v) is 8.35. The first-order valence-electron chi connectivity index (χ1n) is 7.10. The third-order valence-corrected chi connectivity index (χ3v) is 4.23. The second kappa shape index (κ2) is 7.57. The van der Waals surface area contributed by atoms with Gasteiger partial charge in [-0.2, -0.15) is 0 Å². The van der Waals surface area contributed by atoms with Crippen LogP contribution in [0, 0.1) is 5.92 Å². The average Bonchev–Trinajstić information content (AvgIpc) is 2.95. The highest BCUT2D eigenvalue weighted by molar-refractivity contribution is 7.13. The van der Waals surface area contributed by atoms with E-state index in [1.54, 1.807) is 11.4 Å². The zero-order valence-corrected chi connectivity index (χ0v) is 14.4. The normalized spacial score (nSPS) is 10.8. The summed E-state index contributed by atoms with van der Waals surface area (Å²) in [6.07, 6.45) is 0. The molecule has 23 heavy (non-hydrogen) atoms. The summed E-state index contributed by atoms with van der Waals surface area (Å²) in [5.74, 6) is -1.25. The van der Waals surface area contributed by atoms with E-state index in [1.807, 2.05) is 32.0 Å². The summed E-state index contributed by atoms with van der Waals surface area (Å²) in [4.78, 5) is 29.1. The SMILES string of the molecule is CC(C)CN(CC(=O)O)C(=O)c1csc(-c2ccccc2Cl)n1. The third-order valence-electron chi connectivity index (χ3n) is 3.03. The monoisotopic (exact) mass is 352 g/mol. The second-order valence-electron chi connectivity index (χ2n) is 5.49. The fraction of sp³-hybridized carbons (Fsp3) is 0.312. The highest BCUT2D eigenvalue weighted by Gasteiger charge is 2.22. The quantitative estimate of drug-likeness (QED) is 0.861. The van der Waals surface area contributed by atoms with Crippen LogP contribution in [0.5, 0.6) is 0 Å². The van der Waals surface area contributed by atoms with Crippen molar-refractivity contribution in [2.75, 3.05) is 13.1 Å². The summed E-state index contributed by atoms with van der Waals surface area (Å²) >= 11 is 7.45. The molecule has 122 valence electrons. The molecule has 0 saturated carbocycles. The molecule has 1 heterocycles. The van der Waals surface area contributed by atoms with Crippen LogP contribution >= 0.6 is 22.9 Å². The van der Waals surface area contributed by atoms with Crippen LogP contribution in [0.4, 0.5) is 0 Å². The smallest absolute Gasteiger partial charge is 0.323 e. The lowest BCUT2D eigenvalue weighted by molar-refractivity contribution is -0.137. The number of halogens is 1. The van der Waals surface area contributed by atoms with Crippen LogP contribution in [0.2, 0.25) is 5.02 Å². The van der Waals surface area contributed by atoms with Gasteiger partial charge in [0, 0.05) is 17.5 Å². The van der Waals surface area contributed by atoms with Gasteiger partial charge in [-0.3, -0.25) is 9.59 Å². The minimum absolute atomic E-state index is 0.167. The molecule has 0 aliphatic heterocycles. The van der Waals surface area contributed by atoms with Crippen LogP contribution in [0.3, 0.4) is 0 Å². The number of hydrogen-bond donors (Lipinski definition) is 1. The zero-order chi connectivity index (χ0) is 17.0. The van der Waals surface area contributed by atoms with Crippen molar-refractivity contribution in [3.63, 3.8) is 0 Å². The second-order valence-corrected chi connectivity index (χ2v) is 6.76. The standard InChI is InChI=1S/C16H17ClN2O3S/c1-10(2)7-19(8-14(20)21)16(22)13-9-23-15(18-13)11-5-3-4-6-12(11)17/h3-6,9-10H,7-8H2,1-2H3,(H,20,21). The number of thiazole rings is 1. The number of benzene rings is 1. The number of carboxylic acid groups (broad SMARTS) is 1. The summed E-state index contributed by atoms with van der Waals surface area (Å²) < 4.78 is 0. The number of carbonyl (C=O) groups excluding carboxylic acids is 1. The van der Waals surface area contributed by atoms with Gasteiger partial charge < -0.3 is 10.0 Å². The summed E-state index contributed by atoms with van der Waals surface area (Å²) in [7, 11) is 0. The number of amides is 1. The minimum atomic E-state index is -1.04. The molecule has 5 nitrogen and oxygen atoms in total. The van der Waals surface area contributed by atoms with Crippen molar-refractivity contribution in [3.8, 4) is 10.6 Å². The molecule has 0 spiro atoms. The van der Waals surface area contributed by atoms with Crippen LogP contribution in [-0.2, 0) is 4.79 Å². The molecule has 1 aromatic heterocycles. The van der Waals surface area contributed by atoms with Gasteiger partial charge in [-0.15, -0.1) is 11.3 Å². The van der Waals surface area contributed by atoms with Gasteiger partial charge in [-0.25, -0.2) is 4.98 Å². The van der Waals surface area contributed by atoms with Crippen molar-refractivity contribution < 1.29 is 14.7 Å². The summed E-state index contributed by atoms with van der Waals surface area (Å²) in [6, 6.07) is 7.26. The van der Waals surface area contributed by atoms with E-state index in [2.05, 4.69) is 4.98 Å². The topological polar surface area (TPSA) is 70.5 Å². The number of aliphatic carboxylic acids is 1. The number of carbonyl (C=O) groups is 2.